The summed E-state index contributed by atoms with van der Waals surface area (Å²) in [7, 11) is 0. The van der Waals surface area contributed by atoms with E-state index in [0.29, 0.717) is 31.6 Å². The third kappa shape index (κ3) is 2.49. The molecule has 0 bridgehead atoms. The predicted octanol–water partition coefficient (Wildman–Crippen LogP) is -0.164. The van der Waals surface area contributed by atoms with Crippen molar-refractivity contribution in [3.63, 3.8) is 0 Å². The second-order valence-corrected chi connectivity index (χ2v) is 3.76. The zero-order valence-electron chi connectivity index (χ0n) is 9.09. The van der Waals surface area contributed by atoms with Crippen molar-refractivity contribution < 1.29 is 10.0 Å². The van der Waals surface area contributed by atoms with Gasteiger partial charge in [-0.2, -0.15) is 5.10 Å². The molecule has 2 heterocycles. The minimum absolute atomic E-state index is 0.217. The van der Waals surface area contributed by atoms with Gasteiger partial charge in [-0.15, -0.1) is 0 Å². The first-order valence-electron chi connectivity index (χ1n) is 5.25. The molecule has 17 heavy (non-hydrogen) atoms. The molecule has 1 aromatic heterocycles. The number of nitrogens with zero attached hydrogens (tertiary/aromatic N) is 3. The third-order valence-electron chi connectivity index (χ3n) is 2.67. The minimum Gasteiger partial charge on any atom is -0.411 e. The average molecular weight is 236 g/mol. The second kappa shape index (κ2) is 4.77. The van der Waals surface area contributed by atoms with Crippen LogP contribution in [0.4, 0.5) is 0 Å². The number of amides is 1. The molecule has 1 amide bonds. The SMILES string of the molecule is O=C(c1ccc(=O)[nH]n1)N1CCC(=NO)CC1. The molecule has 0 unspecified atom stereocenters. The number of rotatable bonds is 1. The van der Waals surface area contributed by atoms with Crippen LogP contribution in [0.25, 0.3) is 0 Å². The van der Waals surface area contributed by atoms with Crippen molar-refractivity contribution in [3.05, 3.63) is 28.2 Å². The molecule has 0 atom stereocenters. The summed E-state index contributed by atoms with van der Waals surface area (Å²) in [6.07, 6.45) is 1.12. The van der Waals surface area contributed by atoms with Crippen molar-refractivity contribution in [2.45, 2.75) is 12.8 Å². The highest BCUT2D eigenvalue weighted by Crippen LogP contribution is 2.09. The van der Waals surface area contributed by atoms with E-state index in [0.717, 1.165) is 0 Å². The molecule has 1 fully saturated rings. The molecule has 1 aliphatic heterocycles. The molecule has 7 nitrogen and oxygen atoms in total. The lowest BCUT2D eigenvalue weighted by Gasteiger charge is -2.26. The zero-order chi connectivity index (χ0) is 12.3. The highest BCUT2D eigenvalue weighted by molar-refractivity contribution is 5.94. The number of likely N-dealkylation sites (tertiary alicyclic amines) is 1. The van der Waals surface area contributed by atoms with Crippen molar-refractivity contribution >= 4 is 11.6 Å². The van der Waals surface area contributed by atoms with E-state index < -0.39 is 0 Å². The molecule has 2 rings (SSSR count). The number of hydrogen-bond acceptors (Lipinski definition) is 5. The van der Waals surface area contributed by atoms with Crippen LogP contribution in [0.3, 0.4) is 0 Å². The number of aromatic nitrogens is 2. The van der Waals surface area contributed by atoms with Crippen LogP contribution in [0.15, 0.2) is 22.1 Å². The van der Waals surface area contributed by atoms with E-state index in [1.165, 1.54) is 12.1 Å². The molecule has 0 aromatic carbocycles. The van der Waals surface area contributed by atoms with Crippen LogP contribution in [0, 0.1) is 0 Å². The van der Waals surface area contributed by atoms with Crippen molar-refractivity contribution in [3.8, 4) is 0 Å². The van der Waals surface area contributed by atoms with Crippen LogP contribution in [0.5, 0.6) is 0 Å². The molecule has 0 saturated carbocycles. The van der Waals surface area contributed by atoms with Gasteiger partial charge < -0.3 is 10.1 Å². The van der Waals surface area contributed by atoms with E-state index in [2.05, 4.69) is 15.4 Å². The second-order valence-electron chi connectivity index (χ2n) is 3.76. The Balaban J connectivity index is 2.06. The Bertz CT molecular complexity index is 478. The number of carbonyl (C=O) groups is 1. The molecule has 90 valence electrons. The Hall–Kier alpha value is -2.18. The van der Waals surface area contributed by atoms with Gasteiger partial charge in [0.05, 0.1) is 5.71 Å². The lowest BCUT2D eigenvalue weighted by atomic mass is 10.1. The monoisotopic (exact) mass is 236 g/mol. The van der Waals surface area contributed by atoms with E-state index in [-0.39, 0.29) is 17.2 Å². The predicted molar refractivity (Wildman–Crippen MR) is 59.2 cm³/mol. The fourth-order valence-corrected chi connectivity index (χ4v) is 1.69. The first kappa shape index (κ1) is 11.3. The Labute approximate surface area is 96.7 Å². The van der Waals surface area contributed by atoms with Crippen LogP contribution < -0.4 is 5.56 Å². The summed E-state index contributed by atoms with van der Waals surface area (Å²) >= 11 is 0. The molecule has 1 aromatic rings. The summed E-state index contributed by atoms with van der Waals surface area (Å²) in [5.41, 5.74) is 0.576. The van der Waals surface area contributed by atoms with E-state index in [9.17, 15) is 9.59 Å². The quantitative estimate of drug-likeness (QED) is 0.522. The molecule has 2 N–H and O–H groups in total. The van der Waals surface area contributed by atoms with Gasteiger partial charge in [-0.05, 0) is 6.07 Å². The first-order valence-corrected chi connectivity index (χ1v) is 5.25. The highest BCUT2D eigenvalue weighted by Gasteiger charge is 2.22. The maximum absolute atomic E-state index is 11.9. The van der Waals surface area contributed by atoms with Crippen molar-refractivity contribution in [2.24, 2.45) is 5.16 Å². The normalized spacial score (nSPS) is 15.8. The van der Waals surface area contributed by atoms with E-state index in [1.807, 2.05) is 0 Å². The number of carbonyl (C=O) groups excluding carboxylic acids is 1. The summed E-state index contributed by atoms with van der Waals surface area (Å²) in [4.78, 5) is 24.4. The van der Waals surface area contributed by atoms with Gasteiger partial charge in [0.1, 0.15) is 5.69 Å². The van der Waals surface area contributed by atoms with Gasteiger partial charge in [0.15, 0.2) is 0 Å². The van der Waals surface area contributed by atoms with Gasteiger partial charge in [-0.25, -0.2) is 5.10 Å². The number of nitrogens with one attached hydrogen (secondary N) is 1. The smallest absolute Gasteiger partial charge is 0.274 e. The number of piperidine rings is 1. The summed E-state index contributed by atoms with van der Waals surface area (Å²) in [5.74, 6) is -0.224. The summed E-state index contributed by atoms with van der Waals surface area (Å²) in [6, 6.07) is 2.67. The standard InChI is InChI=1S/C10H12N4O3/c15-9-2-1-8(11-12-9)10(16)14-5-3-7(13-17)4-6-14/h1-2,17H,3-6H2,(H,12,15). The number of H-pyrrole nitrogens is 1. The Morgan fingerprint density at radius 1 is 1.41 bits per heavy atom. The lowest BCUT2D eigenvalue weighted by Crippen LogP contribution is -2.39. The molecule has 1 saturated heterocycles. The maximum atomic E-state index is 11.9. The first-order chi connectivity index (χ1) is 8.20. The van der Waals surface area contributed by atoms with Crippen LogP contribution in [-0.2, 0) is 0 Å². The molecular formula is C10H12N4O3. The Morgan fingerprint density at radius 2 is 2.12 bits per heavy atom. The zero-order valence-corrected chi connectivity index (χ0v) is 9.09. The van der Waals surface area contributed by atoms with Gasteiger partial charge >= 0.3 is 0 Å². The third-order valence-corrected chi connectivity index (χ3v) is 2.67. The fraction of sp³-hybridized carbons (Fsp3) is 0.400. The molecule has 0 aliphatic carbocycles. The molecular weight excluding hydrogens is 224 g/mol. The van der Waals surface area contributed by atoms with E-state index >= 15 is 0 Å². The van der Waals surface area contributed by atoms with Crippen LogP contribution in [-0.4, -0.2) is 45.0 Å². The largest absolute Gasteiger partial charge is 0.411 e. The van der Waals surface area contributed by atoms with Crippen LogP contribution >= 0.6 is 0 Å². The van der Waals surface area contributed by atoms with Gasteiger partial charge in [-0.3, -0.25) is 9.59 Å². The van der Waals surface area contributed by atoms with Crippen LogP contribution in [0.2, 0.25) is 0 Å². The van der Waals surface area contributed by atoms with Gasteiger partial charge in [0.25, 0.3) is 11.5 Å². The molecule has 7 heteroatoms. The van der Waals surface area contributed by atoms with Crippen molar-refractivity contribution in [1.82, 2.24) is 15.1 Å². The summed E-state index contributed by atoms with van der Waals surface area (Å²) < 4.78 is 0. The molecule has 1 aliphatic rings. The summed E-state index contributed by atoms with van der Waals surface area (Å²) in [5, 5.41) is 17.6. The van der Waals surface area contributed by atoms with Gasteiger partial charge in [0, 0.05) is 32.0 Å². The van der Waals surface area contributed by atoms with Crippen molar-refractivity contribution in [2.75, 3.05) is 13.1 Å². The van der Waals surface area contributed by atoms with Crippen LogP contribution in [0.1, 0.15) is 23.3 Å². The lowest BCUT2D eigenvalue weighted by molar-refractivity contribution is 0.0746. The fourth-order valence-electron chi connectivity index (χ4n) is 1.69. The number of hydrogen-bond donors (Lipinski definition) is 2. The van der Waals surface area contributed by atoms with Gasteiger partial charge in [0.2, 0.25) is 0 Å². The topological polar surface area (TPSA) is 98.7 Å². The van der Waals surface area contributed by atoms with E-state index in [4.69, 9.17) is 5.21 Å². The average Bonchev–Trinajstić information content (AvgIpc) is 2.39. The number of aromatic amines is 1. The maximum Gasteiger partial charge on any atom is 0.274 e. The van der Waals surface area contributed by atoms with Crippen molar-refractivity contribution in [1.29, 1.82) is 0 Å². The van der Waals surface area contributed by atoms with Gasteiger partial charge in [-0.1, -0.05) is 5.16 Å². The number of oxime groups is 1. The summed E-state index contributed by atoms with van der Waals surface area (Å²) in [6.45, 7) is 0.998. The molecule has 0 radical (unpaired) electrons. The molecule has 0 spiro atoms. The minimum atomic E-state index is -0.338. The Kier molecular flexibility index (Phi) is 3.17. The highest BCUT2D eigenvalue weighted by atomic mass is 16.4. The Morgan fingerprint density at radius 3 is 2.65 bits per heavy atom. The van der Waals surface area contributed by atoms with E-state index in [1.54, 1.807) is 4.90 Å².